The smallest absolute Gasteiger partial charge is 0.303 e. The van der Waals surface area contributed by atoms with Gasteiger partial charge in [0.05, 0.1) is 5.75 Å². The third-order valence-electron chi connectivity index (χ3n) is 3.25. The Kier molecular flexibility index (Phi) is 3.21. The summed E-state index contributed by atoms with van der Waals surface area (Å²) < 4.78 is 25.3. The molecule has 0 aromatic heterocycles. The molecule has 2 fully saturated rings. The molecule has 1 heterocycles. The van der Waals surface area contributed by atoms with Crippen LogP contribution in [-0.2, 0) is 14.8 Å². The topological polar surface area (TPSA) is 74.7 Å². The molecule has 0 aromatic rings. The van der Waals surface area contributed by atoms with Gasteiger partial charge in [-0.2, -0.15) is 0 Å². The highest BCUT2D eigenvalue weighted by Crippen LogP contribution is 2.32. The second-order valence-electron chi connectivity index (χ2n) is 4.83. The van der Waals surface area contributed by atoms with Crippen LogP contribution in [0.2, 0.25) is 0 Å². The third-order valence-corrected chi connectivity index (χ3v) is 5.26. The van der Waals surface area contributed by atoms with E-state index in [0.717, 1.165) is 12.8 Å². The van der Waals surface area contributed by atoms with Crippen LogP contribution in [0.25, 0.3) is 0 Å². The van der Waals surface area contributed by atoms with E-state index in [1.807, 2.05) is 0 Å². The zero-order valence-corrected chi connectivity index (χ0v) is 9.95. The Labute approximate surface area is 95.5 Å². The lowest BCUT2D eigenvalue weighted by Gasteiger charge is -2.15. The van der Waals surface area contributed by atoms with Crippen LogP contribution >= 0.6 is 0 Å². The van der Waals surface area contributed by atoms with Gasteiger partial charge in [-0.15, -0.1) is 0 Å². The van der Waals surface area contributed by atoms with Crippen molar-refractivity contribution in [2.24, 2.45) is 11.8 Å². The average molecular weight is 247 g/mol. The van der Waals surface area contributed by atoms with Gasteiger partial charge in [0.2, 0.25) is 10.0 Å². The lowest BCUT2D eigenvalue weighted by molar-refractivity contribution is -0.137. The number of rotatable bonds is 5. The standard InChI is InChI=1S/C10H17NO4S/c12-10(13)5-9-3-4-11(6-9)16(14,15)7-8-1-2-8/h8-9H,1-7H2,(H,12,13). The van der Waals surface area contributed by atoms with Crippen LogP contribution in [0.5, 0.6) is 0 Å². The van der Waals surface area contributed by atoms with Crippen molar-refractivity contribution in [1.29, 1.82) is 0 Å². The molecule has 1 N–H and O–H groups in total. The van der Waals surface area contributed by atoms with E-state index in [2.05, 4.69) is 0 Å². The largest absolute Gasteiger partial charge is 0.481 e. The van der Waals surface area contributed by atoms with Gasteiger partial charge in [0.15, 0.2) is 0 Å². The summed E-state index contributed by atoms with van der Waals surface area (Å²) in [4.78, 5) is 10.5. The molecule has 1 saturated carbocycles. The average Bonchev–Trinajstić information content (AvgIpc) is 2.80. The molecule has 1 unspecified atom stereocenters. The molecule has 1 saturated heterocycles. The normalized spacial score (nSPS) is 27.1. The minimum Gasteiger partial charge on any atom is -0.481 e. The molecule has 2 rings (SSSR count). The highest BCUT2D eigenvalue weighted by molar-refractivity contribution is 7.89. The second-order valence-corrected chi connectivity index (χ2v) is 6.85. The summed E-state index contributed by atoms with van der Waals surface area (Å²) in [6.07, 6.45) is 2.79. The fraction of sp³-hybridized carbons (Fsp3) is 0.900. The first-order valence-electron chi connectivity index (χ1n) is 5.67. The number of hydrogen-bond acceptors (Lipinski definition) is 3. The zero-order chi connectivity index (χ0) is 11.8. The van der Waals surface area contributed by atoms with Gasteiger partial charge in [-0.1, -0.05) is 0 Å². The summed E-state index contributed by atoms with van der Waals surface area (Å²) >= 11 is 0. The summed E-state index contributed by atoms with van der Waals surface area (Å²) in [6.45, 7) is 0.883. The SMILES string of the molecule is O=C(O)CC1CCN(S(=O)(=O)CC2CC2)C1. The molecule has 1 atom stereocenters. The van der Waals surface area contributed by atoms with Crippen molar-refractivity contribution in [3.63, 3.8) is 0 Å². The Balaban J connectivity index is 1.89. The van der Waals surface area contributed by atoms with Crippen LogP contribution in [0.15, 0.2) is 0 Å². The lowest BCUT2D eigenvalue weighted by atomic mass is 10.1. The van der Waals surface area contributed by atoms with E-state index in [1.165, 1.54) is 4.31 Å². The Morgan fingerprint density at radius 1 is 1.25 bits per heavy atom. The molecule has 2 aliphatic rings. The summed E-state index contributed by atoms with van der Waals surface area (Å²) in [7, 11) is -3.13. The van der Waals surface area contributed by atoms with Gasteiger partial charge in [0.25, 0.3) is 0 Å². The first-order valence-corrected chi connectivity index (χ1v) is 7.28. The molecule has 16 heavy (non-hydrogen) atoms. The van der Waals surface area contributed by atoms with Crippen molar-refractivity contribution in [2.75, 3.05) is 18.8 Å². The van der Waals surface area contributed by atoms with Gasteiger partial charge in [-0.3, -0.25) is 4.79 Å². The molecule has 0 bridgehead atoms. The molecule has 1 aliphatic heterocycles. The zero-order valence-electron chi connectivity index (χ0n) is 9.13. The monoisotopic (exact) mass is 247 g/mol. The predicted octanol–water partition coefficient (Wildman–Crippen LogP) is 0.523. The van der Waals surface area contributed by atoms with Crippen molar-refractivity contribution < 1.29 is 18.3 Å². The predicted molar refractivity (Wildman–Crippen MR) is 58.4 cm³/mol. The first kappa shape index (κ1) is 11.9. The summed E-state index contributed by atoms with van der Waals surface area (Å²) in [6, 6.07) is 0. The maximum Gasteiger partial charge on any atom is 0.303 e. The molecule has 92 valence electrons. The number of hydrogen-bond donors (Lipinski definition) is 1. The number of aliphatic carboxylic acids is 1. The number of sulfonamides is 1. The number of nitrogens with zero attached hydrogens (tertiary/aromatic N) is 1. The fourth-order valence-electron chi connectivity index (χ4n) is 2.15. The van der Waals surface area contributed by atoms with Crippen LogP contribution in [0.4, 0.5) is 0 Å². The van der Waals surface area contributed by atoms with E-state index < -0.39 is 16.0 Å². The molecule has 0 amide bonds. The molecule has 0 aromatic carbocycles. The van der Waals surface area contributed by atoms with E-state index in [9.17, 15) is 13.2 Å². The van der Waals surface area contributed by atoms with Crippen LogP contribution in [0.1, 0.15) is 25.7 Å². The van der Waals surface area contributed by atoms with Crippen LogP contribution in [-0.4, -0.2) is 42.6 Å². The van der Waals surface area contributed by atoms with E-state index in [-0.39, 0.29) is 18.1 Å². The van der Waals surface area contributed by atoms with Gasteiger partial charge >= 0.3 is 5.97 Å². The minimum atomic E-state index is -3.13. The molecule has 0 spiro atoms. The molecule has 0 radical (unpaired) electrons. The van der Waals surface area contributed by atoms with Crippen molar-refractivity contribution in [3.8, 4) is 0 Å². The number of carboxylic acids is 1. The Hall–Kier alpha value is -0.620. The maximum absolute atomic E-state index is 11.9. The Morgan fingerprint density at radius 2 is 1.94 bits per heavy atom. The Morgan fingerprint density at radius 3 is 2.50 bits per heavy atom. The van der Waals surface area contributed by atoms with Crippen molar-refractivity contribution in [2.45, 2.75) is 25.7 Å². The quantitative estimate of drug-likeness (QED) is 0.768. The van der Waals surface area contributed by atoms with Gasteiger partial charge < -0.3 is 5.11 Å². The molecule has 1 aliphatic carbocycles. The van der Waals surface area contributed by atoms with Gasteiger partial charge in [0.1, 0.15) is 0 Å². The van der Waals surface area contributed by atoms with Crippen molar-refractivity contribution in [1.82, 2.24) is 4.31 Å². The molecule has 6 heteroatoms. The van der Waals surface area contributed by atoms with E-state index in [0.29, 0.717) is 25.4 Å². The molecular formula is C10H17NO4S. The van der Waals surface area contributed by atoms with E-state index in [4.69, 9.17) is 5.11 Å². The van der Waals surface area contributed by atoms with E-state index in [1.54, 1.807) is 0 Å². The summed E-state index contributed by atoms with van der Waals surface area (Å²) in [5.41, 5.74) is 0. The second kappa shape index (κ2) is 4.33. The van der Waals surface area contributed by atoms with Crippen LogP contribution in [0.3, 0.4) is 0 Å². The van der Waals surface area contributed by atoms with Crippen molar-refractivity contribution >= 4 is 16.0 Å². The molecule has 5 nitrogen and oxygen atoms in total. The van der Waals surface area contributed by atoms with Crippen molar-refractivity contribution in [3.05, 3.63) is 0 Å². The summed E-state index contributed by atoms with van der Waals surface area (Å²) in [5.74, 6) is -0.242. The minimum absolute atomic E-state index is 0.00789. The van der Waals surface area contributed by atoms with Gasteiger partial charge in [0, 0.05) is 19.5 Å². The highest BCUT2D eigenvalue weighted by atomic mass is 32.2. The first-order chi connectivity index (χ1) is 7.47. The summed E-state index contributed by atoms with van der Waals surface area (Å²) in [5, 5.41) is 8.65. The maximum atomic E-state index is 11.9. The lowest BCUT2D eigenvalue weighted by Crippen LogP contribution is -2.31. The van der Waals surface area contributed by atoms with Gasteiger partial charge in [-0.05, 0) is 31.1 Å². The Bertz CT molecular complexity index is 374. The fourth-order valence-corrected chi connectivity index (χ4v) is 4.11. The van der Waals surface area contributed by atoms with Crippen LogP contribution < -0.4 is 0 Å². The molecular weight excluding hydrogens is 230 g/mol. The number of carboxylic acid groups (broad SMARTS) is 1. The van der Waals surface area contributed by atoms with Gasteiger partial charge in [-0.25, -0.2) is 12.7 Å². The van der Waals surface area contributed by atoms with Crippen LogP contribution in [0, 0.1) is 11.8 Å². The number of carbonyl (C=O) groups is 1. The third kappa shape index (κ3) is 2.95. The van der Waals surface area contributed by atoms with E-state index >= 15 is 0 Å². The highest BCUT2D eigenvalue weighted by Gasteiger charge is 2.36.